The summed E-state index contributed by atoms with van der Waals surface area (Å²) in [5.74, 6) is 1.50. The van der Waals surface area contributed by atoms with E-state index in [1.165, 1.54) is 11.1 Å². The van der Waals surface area contributed by atoms with Gasteiger partial charge in [-0.25, -0.2) is 9.97 Å². The lowest BCUT2D eigenvalue weighted by Gasteiger charge is -2.28. The molecule has 0 fully saturated rings. The van der Waals surface area contributed by atoms with Crippen LogP contribution in [0.1, 0.15) is 21.6 Å². The van der Waals surface area contributed by atoms with Crippen molar-refractivity contribution in [1.82, 2.24) is 14.9 Å². The van der Waals surface area contributed by atoms with E-state index in [0.717, 1.165) is 6.42 Å². The van der Waals surface area contributed by atoms with E-state index >= 15 is 0 Å². The van der Waals surface area contributed by atoms with Crippen LogP contribution in [0.25, 0.3) is 0 Å². The maximum Gasteiger partial charge on any atom is 0.272 e. The van der Waals surface area contributed by atoms with Crippen LogP contribution in [-0.2, 0) is 13.0 Å². The van der Waals surface area contributed by atoms with E-state index in [-0.39, 0.29) is 5.91 Å². The van der Waals surface area contributed by atoms with Crippen LogP contribution in [0.2, 0.25) is 0 Å². The van der Waals surface area contributed by atoms with Crippen LogP contribution in [0.3, 0.4) is 0 Å². The third-order valence-electron chi connectivity index (χ3n) is 4.95. The summed E-state index contributed by atoms with van der Waals surface area (Å²) < 4.78 is 10.6. The first-order chi connectivity index (χ1) is 14.2. The molecule has 1 amide bonds. The number of nitrogens with one attached hydrogen (secondary N) is 1. The van der Waals surface area contributed by atoms with Gasteiger partial charge in [0.2, 0.25) is 5.95 Å². The fourth-order valence-corrected chi connectivity index (χ4v) is 3.39. The number of anilines is 2. The van der Waals surface area contributed by atoms with E-state index in [1.807, 2.05) is 29.2 Å². The fourth-order valence-electron chi connectivity index (χ4n) is 3.39. The largest absolute Gasteiger partial charge is 0.497 e. The number of ether oxygens (including phenoxy) is 2. The van der Waals surface area contributed by atoms with Gasteiger partial charge in [0.15, 0.2) is 0 Å². The summed E-state index contributed by atoms with van der Waals surface area (Å²) in [7, 11) is 3.17. The predicted octanol–water partition coefficient (Wildman–Crippen LogP) is 3.44. The van der Waals surface area contributed by atoms with E-state index in [4.69, 9.17) is 9.47 Å². The molecule has 7 heteroatoms. The molecular formula is C22H22N4O3. The van der Waals surface area contributed by atoms with Gasteiger partial charge in [-0.15, -0.1) is 0 Å². The van der Waals surface area contributed by atoms with Crippen LogP contribution >= 0.6 is 0 Å². The van der Waals surface area contributed by atoms with Gasteiger partial charge in [-0.05, 0) is 35.7 Å². The molecule has 0 spiro atoms. The summed E-state index contributed by atoms with van der Waals surface area (Å²) in [6.45, 7) is 1.27. The van der Waals surface area contributed by atoms with Gasteiger partial charge in [0.05, 0.1) is 19.9 Å². The molecule has 1 aliphatic heterocycles. The highest BCUT2D eigenvalue weighted by Gasteiger charge is 2.22. The van der Waals surface area contributed by atoms with Crippen molar-refractivity contribution in [3.05, 3.63) is 71.5 Å². The Morgan fingerprint density at radius 2 is 1.90 bits per heavy atom. The first kappa shape index (κ1) is 18.7. The number of hydrogen-bond acceptors (Lipinski definition) is 6. The predicted molar refractivity (Wildman–Crippen MR) is 110 cm³/mol. The van der Waals surface area contributed by atoms with Gasteiger partial charge >= 0.3 is 0 Å². The van der Waals surface area contributed by atoms with Gasteiger partial charge < -0.3 is 19.7 Å². The Labute approximate surface area is 169 Å². The number of benzene rings is 2. The van der Waals surface area contributed by atoms with Crippen molar-refractivity contribution in [2.75, 3.05) is 26.1 Å². The van der Waals surface area contributed by atoms with Gasteiger partial charge in [0, 0.05) is 25.4 Å². The van der Waals surface area contributed by atoms with Crippen molar-refractivity contribution in [3.63, 3.8) is 0 Å². The van der Waals surface area contributed by atoms with Crippen molar-refractivity contribution in [3.8, 4) is 11.5 Å². The van der Waals surface area contributed by atoms with Crippen molar-refractivity contribution < 1.29 is 14.3 Å². The van der Waals surface area contributed by atoms with Gasteiger partial charge in [-0.3, -0.25) is 4.79 Å². The quantitative estimate of drug-likeness (QED) is 0.719. The van der Waals surface area contributed by atoms with Crippen molar-refractivity contribution in [1.29, 1.82) is 0 Å². The molecule has 148 valence electrons. The topological polar surface area (TPSA) is 76.6 Å². The minimum atomic E-state index is -0.105. The molecule has 2 aromatic carbocycles. The summed E-state index contributed by atoms with van der Waals surface area (Å²) in [6, 6.07) is 15.3. The van der Waals surface area contributed by atoms with Gasteiger partial charge in [0.25, 0.3) is 5.91 Å². The van der Waals surface area contributed by atoms with Gasteiger partial charge in [-0.1, -0.05) is 24.3 Å². The Kier molecular flexibility index (Phi) is 5.29. The molecule has 0 aliphatic carbocycles. The molecule has 4 rings (SSSR count). The van der Waals surface area contributed by atoms with Crippen LogP contribution in [0.15, 0.2) is 54.7 Å². The standard InChI is InChI=1S/C22H22N4O3/c1-28-17-7-8-18(20(13-17)29-2)24-22-23-11-9-19(25-22)21(27)26-12-10-15-5-3-4-6-16(15)14-26/h3-9,11,13H,10,12,14H2,1-2H3,(H,23,24,25). The molecule has 1 N–H and O–H groups in total. The maximum absolute atomic E-state index is 13.0. The van der Waals surface area contributed by atoms with Crippen LogP contribution < -0.4 is 14.8 Å². The summed E-state index contributed by atoms with van der Waals surface area (Å²) in [5.41, 5.74) is 3.52. The number of hydrogen-bond donors (Lipinski definition) is 1. The first-order valence-corrected chi connectivity index (χ1v) is 9.36. The normalized spacial score (nSPS) is 12.8. The Hall–Kier alpha value is -3.61. The molecule has 0 atom stereocenters. The molecule has 2 heterocycles. The highest BCUT2D eigenvalue weighted by atomic mass is 16.5. The lowest BCUT2D eigenvalue weighted by Crippen LogP contribution is -2.36. The van der Waals surface area contributed by atoms with Crippen LogP contribution in [0.4, 0.5) is 11.6 Å². The number of carbonyl (C=O) groups is 1. The molecule has 0 saturated carbocycles. The Bertz CT molecular complexity index is 1040. The minimum absolute atomic E-state index is 0.105. The maximum atomic E-state index is 13.0. The number of carbonyl (C=O) groups excluding carboxylic acids is 1. The van der Waals surface area contributed by atoms with Crippen LogP contribution in [0, 0.1) is 0 Å². The van der Waals surface area contributed by atoms with E-state index in [1.54, 1.807) is 32.5 Å². The lowest BCUT2D eigenvalue weighted by molar-refractivity contribution is 0.0728. The zero-order chi connectivity index (χ0) is 20.2. The average molecular weight is 390 g/mol. The van der Waals surface area contributed by atoms with Gasteiger partial charge in [0.1, 0.15) is 17.2 Å². The molecule has 0 unspecified atom stereocenters. The second-order valence-electron chi connectivity index (χ2n) is 6.70. The van der Waals surface area contributed by atoms with Crippen molar-refractivity contribution in [2.24, 2.45) is 0 Å². The molecule has 7 nitrogen and oxygen atoms in total. The summed E-state index contributed by atoms with van der Waals surface area (Å²) in [4.78, 5) is 23.5. The van der Waals surface area contributed by atoms with E-state index < -0.39 is 0 Å². The van der Waals surface area contributed by atoms with Crippen LogP contribution in [0.5, 0.6) is 11.5 Å². The third kappa shape index (κ3) is 3.99. The molecule has 0 saturated heterocycles. The first-order valence-electron chi connectivity index (χ1n) is 9.36. The Balaban J connectivity index is 1.53. The average Bonchev–Trinajstić information content (AvgIpc) is 2.78. The number of methoxy groups -OCH3 is 2. The molecule has 29 heavy (non-hydrogen) atoms. The third-order valence-corrected chi connectivity index (χ3v) is 4.95. The van der Waals surface area contributed by atoms with E-state index in [9.17, 15) is 4.79 Å². The molecular weight excluding hydrogens is 368 g/mol. The smallest absolute Gasteiger partial charge is 0.272 e. The van der Waals surface area contributed by atoms with Crippen molar-refractivity contribution in [2.45, 2.75) is 13.0 Å². The fraction of sp³-hybridized carbons (Fsp3) is 0.227. The monoisotopic (exact) mass is 390 g/mol. The van der Waals surface area contributed by atoms with E-state index in [0.29, 0.717) is 41.9 Å². The zero-order valence-corrected chi connectivity index (χ0v) is 16.4. The van der Waals surface area contributed by atoms with Crippen LogP contribution in [-0.4, -0.2) is 41.5 Å². The summed E-state index contributed by atoms with van der Waals surface area (Å²) >= 11 is 0. The molecule has 1 aromatic heterocycles. The molecule has 0 bridgehead atoms. The Morgan fingerprint density at radius 3 is 2.69 bits per heavy atom. The number of nitrogens with zero attached hydrogens (tertiary/aromatic N) is 3. The molecule has 0 radical (unpaired) electrons. The second kappa shape index (κ2) is 8.18. The van der Waals surface area contributed by atoms with Crippen molar-refractivity contribution >= 4 is 17.5 Å². The number of rotatable bonds is 5. The lowest BCUT2D eigenvalue weighted by atomic mass is 10.00. The highest BCUT2D eigenvalue weighted by molar-refractivity contribution is 5.92. The van der Waals surface area contributed by atoms with Gasteiger partial charge in [-0.2, -0.15) is 0 Å². The number of aromatic nitrogens is 2. The molecule has 3 aromatic rings. The Morgan fingerprint density at radius 1 is 1.07 bits per heavy atom. The second-order valence-corrected chi connectivity index (χ2v) is 6.70. The number of fused-ring (bicyclic) bond motifs is 1. The summed E-state index contributed by atoms with van der Waals surface area (Å²) in [5, 5.41) is 3.12. The SMILES string of the molecule is COc1ccc(Nc2nccc(C(=O)N3CCc4ccccc4C3)n2)c(OC)c1. The minimum Gasteiger partial charge on any atom is -0.497 e. The zero-order valence-electron chi connectivity index (χ0n) is 16.4. The summed E-state index contributed by atoms with van der Waals surface area (Å²) in [6.07, 6.45) is 2.43. The van der Waals surface area contributed by atoms with E-state index in [2.05, 4.69) is 27.4 Å². The highest BCUT2D eigenvalue weighted by Crippen LogP contribution is 2.30. The number of amides is 1. The molecule has 1 aliphatic rings.